The number of thioether (sulfide) groups is 1. The number of ether oxygens (including phenoxy) is 1. The number of carbonyl (C=O) groups is 1. The van der Waals surface area contributed by atoms with Crippen molar-refractivity contribution < 1.29 is 9.53 Å². The first-order valence-corrected chi connectivity index (χ1v) is 6.50. The van der Waals surface area contributed by atoms with Gasteiger partial charge >= 0.3 is 0 Å². The summed E-state index contributed by atoms with van der Waals surface area (Å²) in [5, 5.41) is 0.0271. The molecule has 0 aliphatic heterocycles. The SMILES string of the molecule is COCCCSC(C)C(=O)c1ccccc1. The van der Waals surface area contributed by atoms with E-state index >= 15 is 0 Å². The van der Waals surface area contributed by atoms with Gasteiger partial charge in [-0.05, 0) is 19.1 Å². The van der Waals surface area contributed by atoms with Gasteiger partial charge in [-0.3, -0.25) is 4.79 Å². The number of Topliss-reactive ketones (excluding diaryl/α,β-unsaturated/α-hetero) is 1. The van der Waals surface area contributed by atoms with E-state index in [1.165, 1.54) is 0 Å². The molecule has 2 nitrogen and oxygen atoms in total. The Hall–Kier alpha value is -0.800. The normalized spacial score (nSPS) is 12.4. The smallest absolute Gasteiger partial charge is 0.175 e. The lowest BCUT2D eigenvalue weighted by atomic mass is 10.1. The molecule has 0 fully saturated rings. The number of ketones is 1. The average Bonchev–Trinajstić information content (AvgIpc) is 2.34. The summed E-state index contributed by atoms with van der Waals surface area (Å²) in [6.45, 7) is 2.73. The summed E-state index contributed by atoms with van der Waals surface area (Å²) >= 11 is 1.69. The van der Waals surface area contributed by atoms with Crippen molar-refractivity contribution in [1.29, 1.82) is 0 Å². The molecule has 1 aromatic rings. The molecular weight excluding hydrogens is 220 g/mol. The van der Waals surface area contributed by atoms with E-state index in [1.807, 2.05) is 37.3 Å². The van der Waals surface area contributed by atoms with Gasteiger partial charge in [-0.25, -0.2) is 0 Å². The Bertz CT molecular complexity index is 311. The first-order chi connectivity index (χ1) is 7.75. The summed E-state index contributed by atoms with van der Waals surface area (Å²) < 4.78 is 4.97. The van der Waals surface area contributed by atoms with Crippen LogP contribution >= 0.6 is 11.8 Å². The zero-order valence-electron chi connectivity index (χ0n) is 9.81. The maximum atomic E-state index is 12.0. The molecule has 1 aromatic carbocycles. The maximum Gasteiger partial charge on any atom is 0.175 e. The van der Waals surface area contributed by atoms with E-state index in [9.17, 15) is 4.79 Å². The molecule has 0 aliphatic carbocycles. The van der Waals surface area contributed by atoms with E-state index in [2.05, 4.69) is 0 Å². The molecule has 0 bridgehead atoms. The summed E-state index contributed by atoms with van der Waals surface area (Å²) in [7, 11) is 1.70. The third-order valence-electron chi connectivity index (χ3n) is 2.29. The van der Waals surface area contributed by atoms with Gasteiger partial charge in [0.1, 0.15) is 0 Å². The first-order valence-electron chi connectivity index (χ1n) is 5.45. The Morgan fingerprint density at radius 3 is 2.69 bits per heavy atom. The number of carbonyl (C=O) groups excluding carboxylic acids is 1. The van der Waals surface area contributed by atoms with E-state index < -0.39 is 0 Å². The van der Waals surface area contributed by atoms with Crippen molar-refractivity contribution in [3.05, 3.63) is 35.9 Å². The van der Waals surface area contributed by atoms with Gasteiger partial charge in [0.05, 0.1) is 5.25 Å². The number of methoxy groups -OCH3 is 1. The molecule has 0 N–H and O–H groups in total. The van der Waals surface area contributed by atoms with Gasteiger partial charge in [0.15, 0.2) is 5.78 Å². The van der Waals surface area contributed by atoms with Crippen LogP contribution in [0.2, 0.25) is 0 Å². The zero-order valence-corrected chi connectivity index (χ0v) is 10.6. The molecular formula is C13H18O2S. The van der Waals surface area contributed by atoms with Gasteiger partial charge in [-0.15, -0.1) is 0 Å². The fourth-order valence-electron chi connectivity index (χ4n) is 1.38. The average molecular weight is 238 g/mol. The minimum absolute atomic E-state index is 0.0271. The van der Waals surface area contributed by atoms with E-state index in [0.29, 0.717) is 0 Å². The van der Waals surface area contributed by atoms with Crippen LogP contribution in [-0.2, 0) is 4.74 Å². The fourth-order valence-corrected chi connectivity index (χ4v) is 2.30. The molecule has 0 aromatic heterocycles. The minimum Gasteiger partial charge on any atom is -0.385 e. The van der Waals surface area contributed by atoms with Crippen molar-refractivity contribution in [1.82, 2.24) is 0 Å². The summed E-state index contributed by atoms with van der Waals surface area (Å²) in [5.74, 6) is 1.18. The Balaban J connectivity index is 2.37. The van der Waals surface area contributed by atoms with Crippen LogP contribution in [0.25, 0.3) is 0 Å². The topological polar surface area (TPSA) is 26.3 Å². The Morgan fingerprint density at radius 1 is 1.38 bits per heavy atom. The van der Waals surface area contributed by atoms with Crippen LogP contribution in [-0.4, -0.2) is 30.5 Å². The van der Waals surface area contributed by atoms with Crippen molar-refractivity contribution in [3.8, 4) is 0 Å². The van der Waals surface area contributed by atoms with Crippen LogP contribution in [0, 0.1) is 0 Å². The maximum absolute atomic E-state index is 12.0. The number of hydrogen-bond acceptors (Lipinski definition) is 3. The van der Waals surface area contributed by atoms with Gasteiger partial charge in [0, 0.05) is 19.3 Å². The van der Waals surface area contributed by atoms with Crippen molar-refractivity contribution >= 4 is 17.5 Å². The third kappa shape index (κ3) is 4.37. The van der Waals surface area contributed by atoms with Crippen LogP contribution in [0.4, 0.5) is 0 Å². The van der Waals surface area contributed by atoms with Crippen molar-refractivity contribution in [3.63, 3.8) is 0 Å². The lowest BCUT2D eigenvalue weighted by Gasteiger charge is -2.09. The largest absolute Gasteiger partial charge is 0.385 e. The predicted molar refractivity (Wildman–Crippen MR) is 69.2 cm³/mol. The lowest BCUT2D eigenvalue weighted by molar-refractivity contribution is 0.0994. The molecule has 16 heavy (non-hydrogen) atoms. The second-order valence-electron chi connectivity index (χ2n) is 3.59. The highest BCUT2D eigenvalue weighted by molar-refractivity contribution is 8.00. The first kappa shape index (κ1) is 13.3. The van der Waals surface area contributed by atoms with Crippen molar-refractivity contribution in [2.45, 2.75) is 18.6 Å². The van der Waals surface area contributed by atoms with Gasteiger partial charge in [0.2, 0.25) is 0 Å². The third-order valence-corrected chi connectivity index (χ3v) is 3.53. The Labute approximate surface area is 101 Å². The van der Waals surface area contributed by atoms with Gasteiger partial charge in [0.25, 0.3) is 0 Å². The summed E-state index contributed by atoms with van der Waals surface area (Å²) in [6, 6.07) is 9.46. The highest BCUT2D eigenvalue weighted by Gasteiger charge is 2.14. The highest BCUT2D eigenvalue weighted by Crippen LogP contribution is 2.16. The van der Waals surface area contributed by atoms with Gasteiger partial charge in [-0.1, -0.05) is 30.3 Å². The van der Waals surface area contributed by atoms with E-state index in [-0.39, 0.29) is 11.0 Å². The van der Waals surface area contributed by atoms with Crippen molar-refractivity contribution in [2.24, 2.45) is 0 Å². The predicted octanol–water partition coefficient (Wildman–Crippen LogP) is 3.03. The Morgan fingerprint density at radius 2 is 2.06 bits per heavy atom. The quantitative estimate of drug-likeness (QED) is 0.539. The summed E-state index contributed by atoms with van der Waals surface area (Å²) in [5.41, 5.74) is 0.800. The van der Waals surface area contributed by atoms with E-state index in [4.69, 9.17) is 4.74 Å². The monoisotopic (exact) mass is 238 g/mol. The molecule has 0 saturated carbocycles. The Kier molecular flexibility index (Phi) is 6.19. The highest BCUT2D eigenvalue weighted by atomic mass is 32.2. The van der Waals surface area contributed by atoms with Crippen LogP contribution in [0.5, 0.6) is 0 Å². The minimum atomic E-state index is 0.0271. The van der Waals surface area contributed by atoms with Gasteiger partial charge < -0.3 is 4.74 Å². The molecule has 0 heterocycles. The summed E-state index contributed by atoms with van der Waals surface area (Å²) in [6.07, 6.45) is 0.994. The molecule has 0 radical (unpaired) electrons. The molecule has 3 heteroatoms. The lowest BCUT2D eigenvalue weighted by Crippen LogP contribution is -2.14. The standard InChI is InChI=1S/C13H18O2S/c1-11(16-10-6-9-15-2)13(14)12-7-4-3-5-8-12/h3-5,7-8,11H,6,9-10H2,1-2H3. The second kappa shape index (κ2) is 7.47. The second-order valence-corrected chi connectivity index (χ2v) is 5.04. The molecule has 88 valence electrons. The molecule has 1 unspecified atom stereocenters. The van der Waals surface area contributed by atoms with Crippen LogP contribution in [0.1, 0.15) is 23.7 Å². The molecule has 0 spiro atoms. The summed E-state index contributed by atoms with van der Waals surface area (Å²) in [4.78, 5) is 12.0. The van der Waals surface area contributed by atoms with E-state index in [0.717, 1.165) is 24.3 Å². The molecule has 0 amide bonds. The number of benzene rings is 1. The number of rotatable bonds is 7. The van der Waals surface area contributed by atoms with Crippen molar-refractivity contribution in [2.75, 3.05) is 19.5 Å². The van der Waals surface area contributed by atoms with E-state index in [1.54, 1.807) is 18.9 Å². The molecule has 1 atom stereocenters. The van der Waals surface area contributed by atoms with Gasteiger partial charge in [-0.2, -0.15) is 11.8 Å². The molecule has 1 rings (SSSR count). The van der Waals surface area contributed by atoms with Crippen LogP contribution < -0.4 is 0 Å². The fraction of sp³-hybridized carbons (Fsp3) is 0.462. The van der Waals surface area contributed by atoms with Crippen LogP contribution in [0.3, 0.4) is 0 Å². The zero-order chi connectivity index (χ0) is 11.8. The number of hydrogen-bond donors (Lipinski definition) is 0. The van der Waals surface area contributed by atoms with Crippen LogP contribution in [0.15, 0.2) is 30.3 Å². The molecule has 0 saturated heterocycles. The molecule has 0 aliphatic rings.